The summed E-state index contributed by atoms with van der Waals surface area (Å²) in [6, 6.07) is 1.43. The number of likely N-dealkylation sites (tertiary alicyclic amines) is 1. The number of hydrogen-bond donors (Lipinski definition) is 1. The second kappa shape index (κ2) is 6.11. The Hall–Kier alpha value is -0.120. The van der Waals surface area contributed by atoms with Crippen LogP contribution in [0, 0.1) is 11.3 Å². The summed E-state index contributed by atoms with van der Waals surface area (Å²) < 4.78 is 5.58. The molecule has 3 heteroatoms. The van der Waals surface area contributed by atoms with E-state index in [2.05, 4.69) is 37.9 Å². The van der Waals surface area contributed by atoms with Crippen molar-refractivity contribution in [3.05, 3.63) is 0 Å². The Balaban J connectivity index is 1.85. The van der Waals surface area contributed by atoms with Crippen molar-refractivity contribution in [3.63, 3.8) is 0 Å². The van der Waals surface area contributed by atoms with E-state index in [-0.39, 0.29) is 0 Å². The summed E-state index contributed by atoms with van der Waals surface area (Å²) in [5, 5.41) is 3.71. The van der Waals surface area contributed by atoms with Gasteiger partial charge in [-0.3, -0.25) is 4.90 Å². The first-order valence-electron chi connectivity index (χ1n) is 8.00. The standard InChI is InChI=1S/C16H32N2O/c1-6-8-17-13-7-9-18(11-12(13)2)14-10-15(19-5)16(14,3)4/h12-15,17H,6-11H2,1-5H3. The molecule has 0 amide bonds. The van der Waals surface area contributed by atoms with E-state index in [0.29, 0.717) is 17.6 Å². The van der Waals surface area contributed by atoms with Gasteiger partial charge in [0.2, 0.25) is 0 Å². The molecule has 4 atom stereocenters. The molecule has 2 fully saturated rings. The largest absolute Gasteiger partial charge is 0.381 e. The molecule has 0 aromatic rings. The molecule has 2 aliphatic rings. The highest BCUT2D eigenvalue weighted by Crippen LogP contribution is 2.46. The molecular weight excluding hydrogens is 236 g/mol. The van der Waals surface area contributed by atoms with Gasteiger partial charge in [-0.05, 0) is 38.3 Å². The van der Waals surface area contributed by atoms with Crippen molar-refractivity contribution in [2.24, 2.45) is 11.3 Å². The summed E-state index contributed by atoms with van der Waals surface area (Å²) in [4.78, 5) is 2.71. The van der Waals surface area contributed by atoms with Crippen LogP contribution < -0.4 is 5.32 Å². The number of methoxy groups -OCH3 is 1. The van der Waals surface area contributed by atoms with Gasteiger partial charge in [0.25, 0.3) is 0 Å². The lowest BCUT2D eigenvalue weighted by Gasteiger charge is -2.57. The zero-order valence-electron chi connectivity index (χ0n) is 13.4. The molecule has 3 nitrogen and oxygen atoms in total. The molecule has 4 unspecified atom stereocenters. The van der Waals surface area contributed by atoms with Crippen LogP contribution in [0.2, 0.25) is 0 Å². The van der Waals surface area contributed by atoms with Crippen LogP contribution >= 0.6 is 0 Å². The maximum Gasteiger partial charge on any atom is 0.0652 e. The Morgan fingerprint density at radius 1 is 1.37 bits per heavy atom. The fraction of sp³-hybridized carbons (Fsp3) is 1.00. The summed E-state index contributed by atoms with van der Waals surface area (Å²) in [6.07, 6.45) is 4.19. The van der Waals surface area contributed by atoms with Crippen molar-refractivity contribution in [3.8, 4) is 0 Å². The summed E-state index contributed by atoms with van der Waals surface area (Å²) in [5.74, 6) is 0.762. The topological polar surface area (TPSA) is 24.5 Å². The van der Waals surface area contributed by atoms with E-state index in [0.717, 1.165) is 18.5 Å². The monoisotopic (exact) mass is 268 g/mol. The van der Waals surface area contributed by atoms with Gasteiger partial charge < -0.3 is 10.1 Å². The molecule has 1 aliphatic carbocycles. The number of ether oxygens (including phenoxy) is 1. The third-order valence-electron chi connectivity index (χ3n) is 5.44. The van der Waals surface area contributed by atoms with Crippen molar-refractivity contribution in [1.82, 2.24) is 10.2 Å². The van der Waals surface area contributed by atoms with Crippen molar-refractivity contribution < 1.29 is 4.74 Å². The summed E-state index contributed by atoms with van der Waals surface area (Å²) in [5.41, 5.74) is 0.318. The molecule has 0 radical (unpaired) electrons. The molecular formula is C16H32N2O. The highest BCUT2D eigenvalue weighted by Gasteiger charge is 2.51. The first kappa shape index (κ1) is 15.3. The van der Waals surface area contributed by atoms with Crippen molar-refractivity contribution in [2.45, 2.75) is 65.1 Å². The molecule has 0 aromatic carbocycles. The molecule has 0 aromatic heterocycles. The quantitative estimate of drug-likeness (QED) is 0.829. The van der Waals surface area contributed by atoms with Crippen molar-refractivity contribution in [2.75, 3.05) is 26.7 Å². The van der Waals surface area contributed by atoms with Crippen LogP contribution in [0.3, 0.4) is 0 Å². The van der Waals surface area contributed by atoms with Crippen LogP contribution in [0.15, 0.2) is 0 Å². The zero-order chi connectivity index (χ0) is 14.0. The molecule has 0 spiro atoms. The lowest BCUT2D eigenvalue weighted by molar-refractivity contribution is -0.145. The van der Waals surface area contributed by atoms with Gasteiger partial charge in [-0.2, -0.15) is 0 Å². The van der Waals surface area contributed by atoms with Crippen LogP contribution in [0.25, 0.3) is 0 Å². The fourth-order valence-electron chi connectivity index (χ4n) is 3.98. The fourth-order valence-corrected chi connectivity index (χ4v) is 3.98. The first-order valence-corrected chi connectivity index (χ1v) is 8.00. The number of rotatable bonds is 5. The Morgan fingerprint density at radius 3 is 2.63 bits per heavy atom. The van der Waals surface area contributed by atoms with E-state index in [9.17, 15) is 0 Å². The summed E-state index contributed by atoms with van der Waals surface area (Å²) >= 11 is 0. The van der Waals surface area contributed by atoms with Crippen LogP contribution in [0.5, 0.6) is 0 Å². The second-order valence-corrected chi connectivity index (χ2v) is 7.12. The average Bonchev–Trinajstić information content (AvgIpc) is 2.37. The highest BCUT2D eigenvalue weighted by atomic mass is 16.5. The van der Waals surface area contributed by atoms with E-state index in [1.54, 1.807) is 0 Å². The molecule has 1 saturated carbocycles. The minimum Gasteiger partial charge on any atom is -0.381 e. The second-order valence-electron chi connectivity index (χ2n) is 7.12. The highest BCUT2D eigenvalue weighted by molar-refractivity contribution is 5.05. The van der Waals surface area contributed by atoms with E-state index < -0.39 is 0 Å². The molecule has 1 N–H and O–H groups in total. The van der Waals surface area contributed by atoms with Gasteiger partial charge in [-0.1, -0.05) is 27.7 Å². The van der Waals surface area contributed by atoms with Crippen molar-refractivity contribution >= 4 is 0 Å². The van der Waals surface area contributed by atoms with Crippen LogP contribution in [0.4, 0.5) is 0 Å². The van der Waals surface area contributed by atoms with Gasteiger partial charge in [0.05, 0.1) is 6.10 Å². The first-order chi connectivity index (χ1) is 9.00. The Morgan fingerprint density at radius 2 is 2.11 bits per heavy atom. The molecule has 1 saturated heterocycles. The maximum atomic E-state index is 5.58. The molecule has 112 valence electrons. The number of piperidine rings is 1. The Bertz CT molecular complexity index is 292. The number of nitrogens with one attached hydrogen (secondary N) is 1. The van der Waals surface area contributed by atoms with Crippen molar-refractivity contribution in [1.29, 1.82) is 0 Å². The van der Waals surface area contributed by atoms with Gasteiger partial charge in [0.1, 0.15) is 0 Å². The van der Waals surface area contributed by atoms with E-state index in [1.807, 2.05) is 7.11 Å². The van der Waals surface area contributed by atoms with Gasteiger partial charge in [0.15, 0.2) is 0 Å². The van der Waals surface area contributed by atoms with E-state index in [4.69, 9.17) is 4.74 Å². The lowest BCUT2D eigenvalue weighted by Crippen LogP contribution is -2.64. The zero-order valence-corrected chi connectivity index (χ0v) is 13.4. The molecule has 1 aliphatic heterocycles. The van der Waals surface area contributed by atoms with Crippen LogP contribution in [-0.4, -0.2) is 49.8 Å². The lowest BCUT2D eigenvalue weighted by atomic mass is 9.63. The minimum atomic E-state index is 0.318. The minimum absolute atomic E-state index is 0.318. The predicted octanol–water partition coefficient (Wildman–Crippen LogP) is 2.51. The van der Waals surface area contributed by atoms with Gasteiger partial charge >= 0.3 is 0 Å². The van der Waals surface area contributed by atoms with Gasteiger partial charge in [-0.15, -0.1) is 0 Å². The SMILES string of the molecule is CCCNC1CCN(C2CC(OC)C2(C)C)CC1C. The summed E-state index contributed by atoms with van der Waals surface area (Å²) in [7, 11) is 1.85. The average molecular weight is 268 g/mol. The third-order valence-corrected chi connectivity index (χ3v) is 5.44. The number of nitrogens with zero attached hydrogens (tertiary/aromatic N) is 1. The normalized spacial score (nSPS) is 39.0. The van der Waals surface area contributed by atoms with Gasteiger partial charge in [-0.25, -0.2) is 0 Å². The van der Waals surface area contributed by atoms with Crippen LogP contribution in [0.1, 0.15) is 47.0 Å². The van der Waals surface area contributed by atoms with E-state index >= 15 is 0 Å². The Kier molecular flexibility index (Phi) is 4.91. The van der Waals surface area contributed by atoms with Crippen LogP contribution in [-0.2, 0) is 4.74 Å². The Labute approximate surface area is 119 Å². The van der Waals surface area contributed by atoms with Gasteiger partial charge in [0, 0.05) is 31.2 Å². The molecule has 2 rings (SSSR count). The maximum absolute atomic E-state index is 5.58. The molecule has 1 heterocycles. The number of hydrogen-bond acceptors (Lipinski definition) is 3. The molecule has 19 heavy (non-hydrogen) atoms. The van der Waals surface area contributed by atoms with E-state index in [1.165, 1.54) is 32.4 Å². The third kappa shape index (κ3) is 2.98. The smallest absolute Gasteiger partial charge is 0.0652 e. The summed E-state index contributed by atoms with van der Waals surface area (Å²) in [6.45, 7) is 13.0. The molecule has 0 bridgehead atoms. The predicted molar refractivity (Wildman–Crippen MR) is 80.4 cm³/mol.